The Kier molecular flexibility index (Phi) is 6.93. The lowest BCUT2D eigenvalue weighted by atomic mass is 9.96. The molecule has 1 heterocycles. The van der Waals surface area contributed by atoms with E-state index in [0.29, 0.717) is 24.5 Å². The van der Waals surface area contributed by atoms with Crippen LogP contribution in [0.5, 0.6) is 0 Å². The van der Waals surface area contributed by atoms with E-state index < -0.39 is 11.5 Å². The summed E-state index contributed by atoms with van der Waals surface area (Å²) in [5.41, 5.74) is 1.34. The third kappa shape index (κ3) is 4.98. The van der Waals surface area contributed by atoms with Crippen LogP contribution in [0, 0.1) is 17.0 Å². The van der Waals surface area contributed by atoms with Gasteiger partial charge < -0.3 is 14.7 Å². The van der Waals surface area contributed by atoms with Gasteiger partial charge in [0.1, 0.15) is 6.54 Å². The summed E-state index contributed by atoms with van der Waals surface area (Å²) in [6, 6.07) is 0. The average Bonchev–Trinajstić information content (AvgIpc) is 3.32. The zero-order chi connectivity index (χ0) is 18.5. The second kappa shape index (κ2) is 9.18. The highest BCUT2D eigenvalue weighted by Crippen LogP contribution is 2.47. The summed E-state index contributed by atoms with van der Waals surface area (Å²) in [6.07, 6.45) is 6.99. The lowest BCUT2D eigenvalue weighted by molar-refractivity contribution is -1.08. The molecule has 3 fully saturated rings. The number of amides is 1. The van der Waals surface area contributed by atoms with Crippen LogP contribution in [0.15, 0.2) is 11.8 Å². The number of nitrogens with zero attached hydrogens (tertiary/aromatic N) is 1. The first kappa shape index (κ1) is 19.6. The molecule has 26 heavy (non-hydrogen) atoms. The summed E-state index contributed by atoms with van der Waals surface area (Å²) in [6.45, 7) is 0.0540. The molecule has 0 aromatic rings. The van der Waals surface area contributed by atoms with E-state index in [1.807, 2.05) is 0 Å². The molecule has 0 radical (unpaired) electrons. The van der Waals surface area contributed by atoms with E-state index in [-0.39, 0.29) is 24.2 Å². The predicted octanol–water partition coefficient (Wildman–Crippen LogP) is 0.791. The van der Waals surface area contributed by atoms with Gasteiger partial charge in [-0.05, 0) is 43.1 Å². The molecule has 1 amide bonds. The smallest absolute Gasteiger partial charge is 0.253 e. The number of carbonyl (C=O) groups excluding carboxylic acids is 2. The molecular formula is C17H26N2O6S. The molecule has 146 valence electrons. The van der Waals surface area contributed by atoms with Crippen molar-refractivity contribution in [2.45, 2.75) is 44.8 Å². The Bertz CT molecular complexity index is 557. The molecule has 8 nitrogen and oxygen atoms in total. The first-order valence-corrected chi connectivity index (χ1v) is 10.1. The van der Waals surface area contributed by atoms with Gasteiger partial charge in [0.15, 0.2) is 12.8 Å². The Morgan fingerprint density at radius 3 is 2.96 bits per heavy atom. The third-order valence-corrected chi connectivity index (χ3v) is 6.03. The van der Waals surface area contributed by atoms with E-state index in [2.05, 4.69) is 0 Å². The highest BCUT2D eigenvalue weighted by molar-refractivity contribution is 8.13. The van der Waals surface area contributed by atoms with Gasteiger partial charge in [-0.25, -0.2) is 0 Å². The third-order valence-electron chi connectivity index (χ3n) is 5.18. The number of hydrogen-bond acceptors (Lipinski definition) is 7. The monoisotopic (exact) mass is 386 g/mol. The molecule has 4 unspecified atom stereocenters. The Morgan fingerprint density at radius 1 is 1.42 bits per heavy atom. The summed E-state index contributed by atoms with van der Waals surface area (Å²) in [7, 11) is 1.46. The molecule has 1 N–H and O–H groups in total. The lowest BCUT2D eigenvalue weighted by Gasteiger charge is -2.26. The maximum absolute atomic E-state index is 11.8. The normalized spacial score (nSPS) is 30.4. The fourth-order valence-electron chi connectivity index (χ4n) is 3.86. The van der Waals surface area contributed by atoms with E-state index in [0.717, 1.165) is 29.2 Å². The van der Waals surface area contributed by atoms with Crippen molar-refractivity contribution in [3.8, 4) is 0 Å². The average molecular weight is 386 g/mol. The van der Waals surface area contributed by atoms with Gasteiger partial charge in [0.2, 0.25) is 5.12 Å². The van der Waals surface area contributed by atoms with Crippen LogP contribution < -0.4 is 5.23 Å². The SMILES string of the molecule is COC1CCC(=O)N1O[NH+]([O-])CCSC(=O)CO/C=C1\CC2CCC1C2. The topological polar surface area (TPSA) is 92.6 Å². The van der Waals surface area contributed by atoms with Crippen molar-refractivity contribution in [1.82, 2.24) is 5.06 Å². The van der Waals surface area contributed by atoms with E-state index in [1.165, 1.54) is 31.9 Å². The summed E-state index contributed by atoms with van der Waals surface area (Å²) in [5.74, 6) is 1.49. The fourth-order valence-corrected chi connectivity index (χ4v) is 4.51. The molecule has 3 aliphatic rings. The second-order valence-corrected chi connectivity index (χ2v) is 8.12. The Hall–Kier alpha value is -1.13. The van der Waals surface area contributed by atoms with E-state index in [9.17, 15) is 14.8 Å². The largest absolute Gasteiger partial charge is 0.598 e. The number of allylic oxidation sites excluding steroid dienone is 1. The van der Waals surface area contributed by atoms with Crippen molar-refractivity contribution >= 4 is 22.8 Å². The van der Waals surface area contributed by atoms with Gasteiger partial charge in [-0.1, -0.05) is 16.7 Å². The minimum Gasteiger partial charge on any atom is -0.598 e. The van der Waals surface area contributed by atoms with Gasteiger partial charge in [0.05, 0.1) is 12.0 Å². The van der Waals surface area contributed by atoms with Crippen LogP contribution in [0.4, 0.5) is 0 Å². The van der Waals surface area contributed by atoms with E-state index >= 15 is 0 Å². The maximum atomic E-state index is 11.8. The van der Waals surface area contributed by atoms with E-state index in [4.69, 9.17) is 14.4 Å². The summed E-state index contributed by atoms with van der Waals surface area (Å²) in [4.78, 5) is 28.5. The maximum Gasteiger partial charge on any atom is 0.253 e. The fraction of sp³-hybridized carbons (Fsp3) is 0.765. The Morgan fingerprint density at radius 2 is 2.27 bits per heavy atom. The molecule has 4 atom stereocenters. The highest BCUT2D eigenvalue weighted by atomic mass is 32.2. The predicted molar refractivity (Wildman–Crippen MR) is 94.1 cm³/mol. The second-order valence-electron chi connectivity index (χ2n) is 6.97. The molecule has 1 saturated heterocycles. The van der Waals surface area contributed by atoms with Crippen molar-refractivity contribution in [3.05, 3.63) is 17.0 Å². The number of rotatable bonds is 9. The Labute approximate surface area is 157 Å². The number of carbonyl (C=O) groups is 2. The van der Waals surface area contributed by atoms with E-state index in [1.54, 1.807) is 6.26 Å². The minimum absolute atomic E-state index is 0.0109. The first-order chi connectivity index (χ1) is 12.6. The molecule has 2 saturated carbocycles. The van der Waals surface area contributed by atoms with Crippen molar-refractivity contribution in [1.29, 1.82) is 0 Å². The number of quaternary nitrogens is 1. The van der Waals surface area contributed by atoms with Crippen LogP contribution in [-0.2, 0) is 24.0 Å². The first-order valence-electron chi connectivity index (χ1n) is 9.08. The van der Waals surface area contributed by atoms with Crippen LogP contribution in [0.2, 0.25) is 0 Å². The molecule has 3 rings (SSSR count). The van der Waals surface area contributed by atoms with Gasteiger partial charge in [-0.15, -0.1) is 5.06 Å². The summed E-state index contributed by atoms with van der Waals surface area (Å²) >= 11 is 1.04. The molecule has 2 aliphatic carbocycles. The Balaban J connectivity index is 1.28. The lowest BCUT2D eigenvalue weighted by Crippen LogP contribution is -3.08. The number of hydroxylamine groups is 4. The number of nitrogens with one attached hydrogen (secondary N) is 1. The van der Waals surface area contributed by atoms with Crippen LogP contribution in [0.25, 0.3) is 0 Å². The number of ether oxygens (including phenoxy) is 2. The standard InChI is InChI=1S/C17H26N2O6S/c1-23-16-5-4-15(20)19(16)25-18(22)6-7-26-17(21)11-24-10-14-9-12-2-3-13(14)8-12/h10,12-13,16,18H,2-9,11H2,1H3/b14-10+. The number of thioether (sulfide) groups is 1. The molecular weight excluding hydrogens is 360 g/mol. The molecule has 0 aromatic heterocycles. The zero-order valence-electron chi connectivity index (χ0n) is 15.0. The molecule has 1 aliphatic heterocycles. The van der Waals surface area contributed by atoms with Gasteiger partial charge in [0, 0.05) is 20.0 Å². The van der Waals surface area contributed by atoms with Crippen LogP contribution in [0.3, 0.4) is 0 Å². The van der Waals surface area contributed by atoms with Crippen molar-refractivity contribution in [2.75, 3.05) is 26.0 Å². The van der Waals surface area contributed by atoms with Gasteiger partial charge in [-0.3, -0.25) is 9.59 Å². The molecule has 2 bridgehead atoms. The number of methoxy groups -OCH3 is 1. The van der Waals surface area contributed by atoms with Crippen LogP contribution in [-0.4, -0.2) is 48.3 Å². The van der Waals surface area contributed by atoms with Gasteiger partial charge in [-0.2, -0.15) is 5.23 Å². The number of hydrogen-bond donors (Lipinski definition) is 1. The van der Waals surface area contributed by atoms with Crippen molar-refractivity contribution in [2.24, 2.45) is 11.8 Å². The highest BCUT2D eigenvalue weighted by Gasteiger charge is 2.36. The minimum atomic E-state index is -0.549. The quantitative estimate of drug-likeness (QED) is 0.463. The molecule has 0 spiro atoms. The van der Waals surface area contributed by atoms with Gasteiger partial charge >= 0.3 is 0 Å². The number of fused-ring (bicyclic) bond motifs is 2. The molecule has 0 aromatic carbocycles. The van der Waals surface area contributed by atoms with Crippen molar-refractivity contribution in [3.63, 3.8) is 0 Å². The summed E-state index contributed by atoms with van der Waals surface area (Å²) in [5, 5.41) is 12.1. The van der Waals surface area contributed by atoms with Crippen molar-refractivity contribution < 1.29 is 29.2 Å². The zero-order valence-corrected chi connectivity index (χ0v) is 15.8. The van der Waals surface area contributed by atoms with Crippen LogP contribution >= 0.6 is 11.8 Å². The van der Waals surface area contributed by atoms with Crippen LogP contribution in [0.1, 0.15) is 38.5 Å². The molecule has 9 heteroatoms. The van der Waals surface area contributed by atoms with Gasteiger partial charge in [0.25, 0.3) is 5.91 Å². The summed E-state index contributed by atoms with van der Waals surface area (Å²) < 4.78 is 10.5.